The fraction of sp³-hybridized carbons (Fsp3) is 0.467. The topological polar surface area (TPSA) is 67.4 Å². The maximum absolute atomic E-state index is 12.2. The van der Waals surface area contributed by atoms with Gasteiger partial charge in [0.1, 0.15) is 0 Å². The Balaban J connectivity index is 0.00000242. The zero-order chi connectivity index (χ0) is 15.4. The highest BCUT2D eigenvalue weighted by Gasteiger charge is 2.24. The molecule has 0 aromatic heterocycles. The van der Waals surface area contributed by atoms with Crippen molar-refractivity contribution in [1.82, 2.24) is 5.32 Å². The SMILES string of the molecule is COC(=O)c1ccc(NC(=O)[C@H]2CCN[C@@H](C)C2)cc1Cl.Cl. The molecule has 0 bridgehead atoms. The molecule has 7 heteroatoms. The largest absolute Gasteiger partial charge is 0.465 e. The molecular weight excluding hydrogens is 327 g/mol. The molecule has 5 nitrogen and oxygen atoms in total. The molecule has 1 heterocycles. The van der Waals surface area contributed by atoms with Crippen molar-refractivity contribution in [2.75, 3.05) is 19.0 Å². The third kappa shape index (κ3) is 4.60. The van der Waals surface area contributed by atoms with E-state index in [1.165, 1.54) is 7.11 Å². The van der Waals surface area contributed by atoms with E-state index in [2.05, 4.69) is 22.3 Å². The molecule has 2 rings (SSSR count). The van der Waals surface area contributed by atoms with Gasteiger partial charge in [0.25, 0.3) is 0 Å². The number of hydrogen-bond acceptors (Lipinski definition) is 4. The predicted octanol–water partition coefficient (Wildman–Crippen LogP) is 2.88. The Labute approximate surface area is 141 Å². The lowest BCUT2D eigenvalue weighted by Crippen LogP contribution is -2.40. The summed E-state index contributed by atoms with van der Waals surface area (Å²) in [4.78, 5) is 23.7. The van der Waals surface area contributed by atoms with Crippen LogP contribution in [0.2, 0.25) is 5.02 Å². The number of hydrogen-bond donors (Lipinski definition) is 2. The van der Waals surface area contributed by atoms with Crippen LogP contribution in [-0.2, 0) is 9.53 Å². The molecule has 122 valence electrons. The minimum absolute atomic E-state index is 0. The summed E-state index contributed by atoms with van der Waals surface area (Å²) >= 11 is 6.03. The molecule has 0 aliphatic carbocycles. The van der Waals surface area contributed by atoms with Crippen molar-refractivity contribution in [3.8, 4) is 0 Å². The number of anilines is 1. The molecule has 1 aromatic rings. The summed E-state index contributed by atoms with van der Waals surface area (Å²) in [5, 5.41) is 6.43. The first-order chi connectivity index (χ1) is 10.0. The summed E-state index contributed by atoms with van der Waals surface area (Å²) in [6.07, 6.45) is 1.64. The number of methoxy groups -OCH3 is 1. The monoisotopic (exact) mass is 346 g/mol. The van der Waals surface area contributed by atoms with Gasteiger partial charge in [0.15, 0.2) is 0 Å². The average molecular weight is 347 g/mol. The quantitative estimate of drug-likeness (QED) is 0.825. The van der Waals surface area contributed by atoms with Crippen LogP contribution in [0.15, 0.2) is 18.2 Å². The lowest BCUT2D eigenvalue weighted by molar-refractivity contribution is -0.120. The Morgan fingerprint density at radius 1 is 1.41 bits per heavy atom. The molecule has 1 amide bonds. The molecule has 1 aliphatic rings. The number of piperidine rings is 1. The molecule has 2 N–H and O–H groups in total. The van der Waals surface area contributed by atoms with E-state index in [1.807, 2.05) is 0 Å². The highest BCUT2D eigenvalue weighted by molar-refractivity contribution is 6.34. The Morgan fingerprint density at radius 2 is 2.14 bits per heavy atom. The molecule has 2 atom stereocenters. The zero-order valence-corrected chi connectivity index (χ0v) is 14.1. The Hall–Kier alpha value is -1.30. The Morgan fingerprint density at radius 3 is 2.73 bits per heavy atom. The fourth-order valence-corrected chi connectivity index (χ4v) is 2.74. The van der Waals surface area contributed by atoms with Crippen LogP contribution in [-0.4, -0.2) is 31.6 Å². The average Bonchev–Trinajstić information content (AvgIpc) is 2.46. The maximum atomic E-state index is 12.2. The van der Waals surface area contributed by atoms with Crippen molar-refractivity contribution in [3.05, 3.63) is 28.8 Å². The summed E-state index contributed by atoms with van der Waals surface area (Å²) in [6.45, 7) is 2.92. The molecule has 0 saturated carbocycles. The predicted molar refractivity (Wildman–Crippen MR) is 88.9 cm³/mol. The van der Waals surface area contributed by atoms with Crippen LogP contribution in [0.25, 0.3) is 0 Å². The number of halogens is 2. The normalized spacial score (nSPS) is 20.7. The van der Waals surface area contributed by atoms with Crippen LogP contribution in [0.5, 0.6) is 0 Å². The number of esters is 1. The van der Waals surface area contributed by atoms with E-state index in [1.54, 1.807) is 18.2 Å². The number of benzene rings is 1. The molecule has 0 radical (unpaired) electrons. The van der Waals surface area contributed by atoms with Crippen molar-refractivity contribution in [3.63, 3.8) is 0 Å². The van der Waals surface area contributed by atoms with E-state index < -0.39 is 5.97 Å². The zero-order valence-electron chi connectivity index (χ0n) is 12.5. The highest BCUT2D eigenvalue weighted by atomic mass is 35.5. The van der Waals surface area contributed by atoms with Gasteiger partial charge in [0.05, 0.1) is 17.7 Å². The number of amides is 1. The number of rotatable bonds is 3. The van der Waals surface area contributed by atoms with Gasteiger partial charge in [0, 0.05) is 17.6 Å². The van der Waals surface area contributed by atoms with Gasteiger partial charge in [-0.2, -0.15) is 0 Å². The van der Waals surface area contributed by atoms with Gasteiger partial charge in [-0.1, -0.05) is 11.6 Å². The fourth-order valence-electron chi connectivity index (χ4n) is 2.48. The molecule has 0 unspecified atom stereocenters. The molecule has 0 spiro atoms. The van der Waals surface area contributed by atoms with Crippen molar-refractivity contribution in [2.45, 2.75) is 25.8 Å². The summed E-state index contributed by atoms with van der Waals surface area (Å²) in [6, 6.07) is 5.12. The number of ether oxygens (including phenoxy) is 1. The van der Waals surface area contributed by atoms with Crippen LogP contribution in [0.3, 0.4) is 0 Å². The van der Waals surface area contributed by atoms with Gasteiger partial charge in [-0.25, -0.2) is 4.79 Å². The van der Waals surface area contributed by atoms with Gasteiger partial charge in [0.2, 0.25) is 5.91 Å². The van der Waals surface area contributed by atoms with Crippen molar-refractivity contribution < 1.29 is 14.3 Å². The third-order valence-electron chi connectivity index (χ3n) is 3.64. The molecule has 1 saturated heterocycles. The first-order valence-electron chi connectivity index (χ1n) is 6.93. The van der Waals surface area contributed by atoms with Gasteiger partial charge in [-0.3, -0.25) is 4.79 Å². The summed E-state index contributed by atoms with van der Waals surface area (Å²) < 4.78 is 4.63. The summed E-state index contributed by atoms with van der Waals surface area (Å²) in [7, 11) is 1.30. The molecular formula is C15H20Cl2N2O3. The van der Waals surface area contributed by atoms with Crippen molar-refractivity contribution >= 4 is 41.6 Å². The van der Waals surface area contributed by atoms with E-state index in [9.17, 15) is 9.59 Å². The van der Waals surface area contributed by atoms with Crippen LogP contribution in [0.4, 0.5) is 5.69 Å². The highest BCUT2D eigenvalue weighted by Crippen LogP contribution is 2.23. The van der Waals surface area contributed by atoms with E-state index in [0.29, 0.717) is 11.7 Å². The maximum Gasteiger partial charge on any atom is 0.339 e. The first-order valence-corrected chi connectivity index (χ1v) is 7.31. The van der Waals surface area contributed by atoms with Gasteiger partial charge < -0.3 is 15.4 Å². The Bertz CT molecular complexity index is 552. The second-order valence-corrected chi connectivity index (χ2v) is 5.66. The minimum atomic E-state index is -0.495. The van der Waals surface area contributed by atoms with Gasteiger partial charge in [-0.05, 0) is 44.5 Å². The summed E-state index contributed by atoms with van der Waals surface area (Å²) in [5.41, 5.74) is 0.872. The number of carbonyl (C=O) groups is 2. The Kier molecular flexibility index (Phi) is 7.13. The van der Waals surface area contributed by atoms with Crippen molar-refractivity contribution in [2.24, 2.45) is 5.92 Å². The van der Waals surface area contributed by atoms with Crippen molar-refractivity contribution in [1.29, 1.82) is 0 Å². The number of carbonyl (C=O) groups excluding carboxylic acids is 2. The van der Waals surface area contributed by atoms with E-state index in [0.717, 1.165) is 19.4 Å². The van der Waals surface area contributed by atoms with Gasteiger partial charge >= 0.3 is 5.97 Å². The molecule has 1 aromatic carbocycles. The molecule has 22 heavy (non-hydrogen) atoms. The minimum Gasteiger partial charge on any atom is -0.465 e. The van der Waals surface area contributed by atoms with E-state index in [-0.39, 0.29) is 34.8 Å². The van der Waals surface area contributed by atoms with Crippen LogP contribution in [0.1, 0.15) is 30.1 Å². The standard InChI is InChI=1S/C15H19ClN2O3.ClH/c1-9-7-10(5-6-17-9)14(19)18-11-3-4-12(13(16)8-11)15(20)21-2;/h3-4,8-10,17H,5-7H2,1-2H3,(H,18,19);1H/t9-,10-;/m0./s1. The van der Waals surface area contributed by atoms with E-state index >= 15 is 0 Å². The van der Waals surface area contributed by atoms with Crippen LogP contribution >= 0.6 is 24.0 Å². The van der Waals surface area contributed by atoms with Gasteiger partial charge in [-0.15, -0.1) is 12.4 Å². The first kappa shape index (κ1) is 18.7. The summed E-state index contributed by atoms with van der Waals surface area (Å²) in [5.74, 6) is -0.504. The van der Waals surface area contributed by atoms with E-state index in [4.69, 9.17) is 11.6 Å². The molecule has 1 aliphatic heterocycles. The second-order valence-electron chi connectivity index (χ2n) is 5.25. The second kappa shape index (κ2) is 8.36. The molecule has 1 fully saturated rings. The third-order valence-corrected chi connectivity index (χ3v) is 3.95. The number of nitrogens with one attached hydrogen (secondary N) is 2. The van der Waals surface area contributed by atoms with Crippen LogP contribution in [0, 0.1) is 5.92 Å². The smallest absolute Gasteiger partial charge is 0.339 e. The van der Waals surface area contributed by atoms with Crippen LogP contribution < -0.4 is 10.6 Å². The lowest BCUT2D eigenvalue weighted by atomic mass is 9.92. The lowest BCUT2D eigenvalue weighted by Gasteiger charge is -2.27.